The van der Waals surface area contributed by atoms with Crippen molar-refractivity contribution >= 4 is 33.4 Å². The Hall–Kier alpha value is -1.78. The molecule has 2 rings (SSSR count). The number of nitrogens with one attached hydrogen (secondary N) is 1. The zero-order chi connectivity index (χ0) is 15.5. The van der Waals surface area contributed by atoms with Gasteiger partial charge in [0.05, 0.1) is 11.1 Å². The van der Waals surface area contributed by atoms with Gasteiger partial charge in [0.2, 0.25) is 0 Å². The van der Waals surface area contributed by atoms with Gasteiger partial charge in [-0.1, -0.05) is 41.9 Å². The summed E-state index contributed by atoms with van der Waals surface area (Å²) in [5.41, 5.74) is 3.17. The summed E-state index contributed by atoms with van der Waals surface area (Å²) in [6.07, 6.45) is 1.53. The monoisotopic (exact) mass is 321 g/mol. The van der Waals surface area contributed by atoms with Crippen molar-refractivity contribution in [3.63, 3.8) is 0 Å². The summed E-state index contributed by atoms with van der Waals surface area (Å²) in [6.45, 7) is 3.74. The molecule has 0 bridgehead atoms. The molecule has 0 saturated heterocycles. The van der Waals surface area contributed by atoms with Gasteiger partial charge >= 0.3 is 0 Å². The van der Waals surface area contributed by atoms with Gasteiger partial charge in [0.25, 0.3) is 10.0 Å². The molecule has 0 aliphatic rings. The second-order valence-electron chi connectivity index (χ2n) is 4.77. The molecule has 5 heteroatoms. The van der Waals surface area contributed by atoms with E-state index in [1.165, 1.54) is 6.08 Å². The number of para-hydroxylation sites is 1. The molecule has 21 heavy (non-hydrogen) atoms. The highest BCUT2D eigenvalue weighted by molar-refractivity contribution is 7.95. The van der Waals surface area contributed by atoms with Crippen LogP contribution in [0.4, 0.5) is 5.69 Å². The van der Waals surface area contributed by atoms with Crippen LogP contribution in [-0.4, -0.2) is 8.42 Å². The van der Waals surface area contributed by atoms with Crippen LogP contribution >= 0.6 is 11.6 Å². The number of benzene rings is 2. The van der Waals surface area contributed by atoms with E-state index in [9.17, 15) is 8.42 Å². The molecule has 2 aromatic carbocycles. The normalized spacial score (nSPS) is 11.8. The van der Waals surface area contributed by atoms with Crippen molar-refractivity contribution < 1.29 is 8.42 Å². The smallest absolute Gasteiger partial charge is 0.255 e. The third-order valence-electron chi connectivity index (χ3n) is 3.04. The first-order chi connectivity index (χ1) is 9.87. The zero-order valence-corrected chi connectivity index (χ0v) is 13.4. The standard InChI is InChI=1S/C16H16ClNO2S/c1-12-4-3-5-13(2)16(12)18-21(19,20)11-10-14-6-8-15(17)9-7-14/h3-11,18H,1-2H3/b11-10+. The first-order valence-electron chi connectivity index (χ1n) is 6.40. The third-order valence-corrected chi connectivity index (χ3v) is 4.27. The van der Waals surface area contributed by atoms with E-state index >= 15 is 0 Å². The summed E-state index contributed by atoms with van der Waals surface area (Å²) in [5.74, 6) is 0. The van der Waals surface area contributed by atoms with Crippen molar-refractivity contribution in [3.8, 4) is 0 Å². The van der Waals surface area contributed by atoms with Gasteiger partial charge in [0, 0.05) is 5.02 Å². The number of hydrogen-bond acceptors (Lipinski definition) is 2. The van der Waals surface area contributed by atoms with Gasteiger partial charge in [-0.2, -0.15) is 0 Å². The number of anilines is 1. The van der Waals surface area contributed by atoms with Crippen LogP contribution in [0.2, 0.25) is 5.02 Å². The Morgan fingerprint density at radius 2 is 1.57 bits per heavy atom. The van der Waals surface area contributed by atoms with E-state index in [1.807, 2.05) is 32.0 Å². The fraction of sp³-hybridized carbons (Fsp3) is 0.125. The highest BCUT2D eigenvalue weighted by Gasteiger charge is 2.09. The summed E-state index contributed by atoms with van der Waals surface area (Å²) in [7, 11) is -3.55. The highest BCUT2D eigenvalue weighted by Crippen LogP contribution is 2.21. The highest BCUT2D eigenvalue weighted by atomic mass is 35.5. The Balaban J connectivity index is 2.21. The van der Waals surface area contributed by atoms with E-state index in [-0.39, 0.29) is 0 Å². The summed E-state index contributed by atoms with van der Waals surface area (Å²) in [6, 6.07) is 12.6. The molecule has 110 valence electrons. The van der Waals surface area contributed by atoms with Crippen LogP contribution in [0.15, 0.2) is 47.9 Å². The second kappa shape index (κ2) is 6.33. The van der Waals surface area contributed by atoms with Gasteiger partial charge in [0.1, 0.15) is 0 Å². The number of rotatable bonds is 4. The topological polar surface area (TPSA) is 46.2 Å². The van der Waals surface area contributed by atoms with Crippen LogP contribution in [0.1, 0.15) is 16.7 Å². The van der Waals surface area contributed by atoms with E-state index in [0.29, 0.717) is 10.7 Å². The minimum Gasteiger partial charge on any atom is -0.280 e. The maximum Gasteiger partial charge on any atom is 0.255 e. The van der Waals surface area contributed by atoms with Gasteiger partial charge in [-0.15, -0.1) is 0 Å². The molecule has 1 N–H and O–H groups in total. The lowest BCUT2D eigenvalue weighted by atomic mass is 10.1. The second-order valence-corrected chi connectivity index (χ2v) is 6.77. The number of aryl methyl sites for hydroxylation is 2. The van der Waals surface area contributed by atoms with Gasteiger partial charge < -0.3 is 0 Å². The molecule has 0 unspecified atom stereocenters. The Morgan fingerprint density at radius 1 is 1.00 bits per heavy atom. The summed E-state index contributed by atoms with van der Waals surface area (Å²) in [4.78, 5) is 0. The lowest BCUT2D eigenvalue weighted by molar-refractivity contribution is 0.609. The first-order valence-corrected chi connectivity index (χ1v) is 8.32. The maximum atomic E-state index is 12.1. The Labute approximate surface area is 130 Å². The predicted octanol–water partition coefficient (Wildman–Crippen LogP) is 4.37. The maximum absolute atomic E-state index is 12.1. The summed E-state index contributed by atoms with van der Waals surface area (Å²) >= 11 is 5.79. The van der Waals surface area contributed by atoms with Gasteiger partial charge in [-0.25, -0.2) is 8.42 Å². The average Bonchev–Trinajstić information content (AvgIpc) is 2.43. The molecule has 0 amide bonds. The van der Waals surface area contributed by atoms with Crippen molar-refractivity contribution in [2.45, 2.75) is 13.8 Å². The lowest BCUT2D eigenvalue weighted by Gasteiger charge is -2.10. The van der Waals surface area contributed by atoms with Gasteiger partial charge in [0.15, 0.2) is 0 Å². The average molecular weight is 322 g/mol. The molecule has 2 aromatic rings. The molecule has 0 radical (unpaired) electrons. The molecule has 3 nitrogen and oxygen atoms in total. The summed E-state index contributed by atoms with van der Waals surface area (Å²) < 4.78 is 26.8. The molecule has 0 saturated carbocycles. The molecule has 0 aliphatic carbocycles. The largest absolute Gasteiger partial charge is 0.280 e. The van der Waals surface area contributed by atoms with E-state index in [0.717, 1.165) is 22.1 Å². The van der Waals surface area contributed by atoms with Crippen molar-refractivity contribution in [1.82, 2.24) is 0 Å². The first kappa shape index (κ1) is 15.6. The number of hydrogen-bond donors (Lipinski definition) is 1. The molecule has 0 aromatic heterocycles. The van der Waals surface area contributed by atoms with E-state index in [2.05, 4.69) is 4.72 Å². The summed E-state index contributed by atoms with van der Waals surface area (Å²) in [5, 5.41) is 1.77. The van der Waals surface area contributed by atoms with E-state index < -0.39 is 10.0 Å². The lowest BCUT2D eigenvalue weighted by Crippen LogP contribution is -2.11. The molecular weight excluding hydrogens is 306 g/mol. The van der Waals surface area contributed by atoms with E-state index in [1.54, 1.807) is 24.3 Å². The fourth-order valence-corrected chi connectivity index (χ4v) is 3.03. The molecule has 0 heterocycles. The quantitative estimate of drug-likeness (QED) is 0.909. The van der Waals surface area contributed by atoms with Crippen molar-refractivity contribution in [2.75, 3.05) is 4.72 Å². The third kappa shape index (κ3) is 4.34. The minimum absolute atomic E-state index is 0.615. The van der Waals surface area contributed by atoms with Crippen LogP contribution in [0, 0.1) is 13.8 Å². The van der Waals surface area contributed by atoms with Crippen LogP contribution in [-0.2, 0) is 10.0 Å². The zero-order valence-electron chi connectivity index (χ0n) is 11.8. The van der Waals surface area contributed by atoms with Crippen LogP contribution in [0.25, 0.3) is 6.08 Å². The van der Waals surface area contributed by atoms with Crippen LogP contribution in [0.3, 0.4) is 0 Å². The van der Waals surface area contributed by atoms with E-state index in [4.69, 9.17) is 11.6 Å². The molecule has 0 aliphatic heterocycles. The minimum atomic E-state index is -3.55. The number of halogens is 1. The molecule has 0 fully saturated rings. The number of sulfonamides is 1. The van der Waals surface area contributed by atoms with Gasteiger partial charge in [-0.3, -0.25) is 4.72 Å². The van der Waals surface area contributed by atoms with Crippen molar-refractivity contribution in [2.24, 2.45) is 0 Å². The molecule has 0 atom stereocenters. The van der Waals surface area contributed by atoms with Gasteiger partial charge in [-0.05, 0) is 48.7 Å². The van der Waals surface area contributed by atoms with Crippen LogP contribution < -0.4 is 4.72 Å². The fourth-order valence-electron chi connectivity index (χ4n) is 1.89. The van der Waals surface area contributed by atoms with Crippen molar-refractivity contribution in [1.29, 1.82) is 0 Å². The predicted molar refractivity (Wildman–Crippen MR) is 88.9 cm³/mol. The molecule has 0 spiro atoms. The Morgan fingerprint density at radius 3 is 2.14 bits per heavy atom. The Kier molecular flexibility index (Phi) is 4.70. The molecular formula is C16H16ClNO2S. The Bertz CT molecular complexity index is 745. The van der Waals surface area contributed by atoms with Crippen molar-refractivity contribution in [3.05, 3.63) is 69.6 Å². The SMILES string of the molecule is Cc1cccc(C)c1NS(=O)(=O)/C=C/c1ccc(Cl)cc1. The van der Waals surface area contributed by atoms with Crippen LogP contribution in [0.5, 0.6) is 0 Å².